The molecule has 0 N–H and O–H groups in total. The summed E-state index contributed by atoms with van der Waals surface area (Å²) in [7, 11) is 2.10. The molecule has 1 heterocycles. The van der Waals surface area contributed by atoms with Crippen LogP contribution in [0.4, 0.5) is 5.82 Å². The van der Waals surface area contributed by atoms with Crippen molar-refractivity contribution in [2.45, 2.75) is 38.6 Å². The topological polar surface area (TPSA) is 33.2 Å². The highest BCUT2D eigenvalue weighted by Crippen LogP contribution is 2.28. The van der Waals surface area contributed by atoms with Crippen LogP contribution in [0.1, 0.15) is 43.0 Å². The highest BCUT2D eigenvalue weighted by atomic mass is 16.1. The lowest BCUT2D eigenvalue weighted by Gasteiger charge is -2.34. The first-order chi connectivity index (χ1) is 8.20. The molecule has 0 bridgehead atoms. The van der Waals surface area contributed by atoms with Crippen molar-refractivity contribution in [2.75, 3.05) is 11.9 Å². The zero-order valence-electron chi connectivity index (χ0n) is 10.6. The molecule has 1 aliphatic carbocycles. The van der Waals surface area contributed by atoms with E-state index in [0.717, 1.165) is 18.0 Å². The van der Waals surface area contributed by atoms with Crippen LogP contribution in [0.2, 0.25) is 0 Å². The Morgan fingerprint density at radius 3 is 2.53 bits per heavy atom. The number of pyridine rings is 1. The smallest absolute Gasteiger partial charge is 0.151 e. The van der Waals surface area contributed by atoms with Crippen LogP contribution in [0.25, 0.3) is 0 Å². The summed E-state index contributed by atoms with van der Waals surface area (Å²) in [5.74, 6) is 1.83. The second-order valence-electron chi connectivity index (χ2n) is 5.09. The summed E-state index contributed by atoms with van der Waals surface area (Å²) in [6.07, 6.45) is 7.58. The van der Waals surface area contributed by atoms with Crippen LogP contribution in [-0.2, 0) is 0 Å². The standard InChI is InChI=1S/C14H20N2O/c1-11-3-6-13(7-4-11)16(2)14-8-5-12(10-17)9-15-14/h5,8-11,13H,3-4,6-7H2,1-2H3. The van der Waals surface area contributed by atoms with E-state index >= 15 is 0 Å². The quantitative estimate of drug-likeness (QED) is 0.751. The fraction of sp³-hybridized carbons (Fsp3) is 0.571. The number of aldehydes is 1. The molecule has 1 aliphatic rings. The molecule has 2 rings (SSSR count). The van der Waals surface area contributed by atoms with E-state index in [1.165, 1.54) is 25.7 Å². The Labute approximate surface area is 103 Å². The van der Waals surface area contributed by atoms with Crippen molar-refractivity contribution in [3.05, 3.63) is 23.9 Å². The predicted molar refractivity (Wildman–Crippen MR) is 69.4 cm³/mol. The molecule has 0 saturated heterocycles. The molecule has 1 aromatic rings. The fourth-order valence-corrected chi connectivity index (χ4v) is 2.49. The minimum atomic E-state index is 0.598. The summed E-state index contributed by atoms with van der Waals surface area (Å²) >= 11 is 0. The Morgan fingerprint density at radius 1 is 1.29 bits per heavy atom. The number of hydrogen-bond acceptors (Lipinski definition) is 3. The Kier molecular flexibility index (Phi) is 3.77. The lowest BCUT2D eigenvalue weighted by molar-refractivity contribution is 0.112. The maximum absolute atomic E-state index is 10.6. The second-order valence-corrected chi connectivity index (χ2v) is 5.09. The first-order valence-electron chi connectivity index (χ1n) is 6.34. The van der Waals surface area contributed by atoms with Crippen LogP contribution in [0.3, 0.4) is 0 Å². The Morgan fingerprint density at radius 2 is 2.00 bits per heavy atom. The van der Waals surface area contributed by atoms with Gasteiger partial charge in [0.15, 0.2) is 6.29 Å². The Bertz CT molecular complexity index is 366. The maximum Gasteiger partial charge on any atom is 0.151 e. The largest absolute Gasteiger partial charge is 0.357 e. The van der Waals surface area contributed by atoms with Crippen LogP contribution in [-0.4, -0.2) is 24.4 Å². The van der Waals surface area contributed by atoms with E-state index in [1.807, 2.05) is 12.1 Å². The van der Waals surface area contributed by atoms with Gasteiger partial charge in [-0.25, -0.2) is 4.98 Å². The highest BCUT2D eigenvalue weighted by molar-refractivity contribution is 5.74. The van der Waals surface area contributed by atoms with Gasteiger partial charge in [0.25, 0.3) is 0 Å². The normalized spacial score (nSPS) is 24.4. The molecule has 0 radical (unpaired) electrons. The number of aromatic nitrogens is 1. The van der Waals surface area contributed by atoms with Crippen molar-refractivity contribution in [1.82, 2.24) is 4.98 Å². The molecule has 17 heavy (non-hydrogen) atoms. The monoisotopic (exact) mass is 232 g/mol. The molecule has 0 unspecified atom stereocenters. The summed E-state index contributed by atoms with van der Waals surface area (Å²) in [6, 6.07) is 4.36. The van der Waals surface area contributed by atoms with E-state index in [1.54, 1.807) is 6.20 Å². The molecular weight excluding hydrogens is 212 g/mol. The van der Waals surface area contributed by atoms with Crippen molar-refractivity contribution < 1.29 is 4.79 Å². The first-order valence-corrected chi connectivity index (χ1v) is 6.34. The number of nitrogens with zero attached hydrogens (tertiary/aromatic N) is 2. The van der Waals surface area contributed by atoms with Gasteiger partial charge in [0.1, 0.15) is 5.82 Å². The molecule has 0 aromatic carbocycles. The summed E-state index contributed by atoms with van der Waals surface area (Å²) in [4.78, 5) is 17.2. The third kappa shape index (κ3) is 2.84. The van der Waals surface area contributed by atoms with Gasteiger partial charge in [-0.3, -0.25) is 4.79 Å². The fourth-order valence-electron chi connectivity index (χ4n) is 2.49. The molecule has 3 heteroatoms. The van der Waals surface area contributed by atoms with Gasteiger partial charge in [0.2, 0.25) is 0 Å². The molecule has 0 amide bonds. The molecule has 1 fully saturated rings. The maximum atomic E-state index is 10.6. The third-order valence-electron chi connectivity index (χ3n) is 3.80. The molecule has 0 spiro atoms. The minimum Gasteiger partial charge on any atom is -0.357 e. The summed E-state index contributed by atoms with van der Waals surface area (Å²) in [5.41, 5.74) is 0.638. The van der Waals surface area contributed by atoms with Gasteiger partial charge in [0, 0.05) is 24.8 Å². The van der Waals surface area contributed by atoms with Gasteiger partial charge in [0.05, 0.1) is 0 Å². The number of hydrogen-bond donors (Lipinski definition) is 0. The SMILES string of the molecule is CC1CCC(N(C)c2ccc(C=O)cn2)CC1. The van der Waals surface area contributed by atoms with Gasteiger partial charge in [-0.1, -0.05) is 6.92 Å². The lowest BCUT2D eigenvalue weighted by atomic mass is 9.87. The predicted octanol–water partition coefficient (Wildman–Crippen LogP) is 2.91. The van der Waals surface area contributed by atoms with Crippen molar-refractivity contribution in [3.63, 3.8) is 0 Å². The molecule has 0 atom stereocenters. The van der Waals surface area contributed by atoms with Crippen molar-refractivity contribution >= 4 is 12.1 Å². The van der Waals surface area contributed by atoms with Gasteiger partial charge in [-0.15, -0.1) is 0 Å². The first kappa shape index (κ1) is 12.1. The number of rotatable bonds is 3. The van der Waals surface area contributed by atoms with Gasteiger partial charge in [-0.05, 0) is 43.7 Å². The lowest BCUT2D eigenvalue weighted by Crippen LogP contribution is -2.35. The van der Waals surface area contributed by atoms with E-state index in [4.69, 9.17) is 0 Å². The average Bonchev–Trinajstić information content (AvgIpc) is 2.39. The summed E-state index contributed by atoms with van der Waals surface area (Å²) in [5, 5.41) is 0. The van der Waals surface area contributed by atoms with E-state index in [-0.39, 0.29) is 0 Å². The third-order valence-corrected chi connectivity index (χ3v) is 3.80. The summed E-state index contributed by atoms with van der Waals surface area (Å²) in [6.45, 7) is 2.33. The van der Waals surface area contributed by atoms with E-state index < -0.39 is 0 Å². The van der Waals surface area contributed by atoms with Crippen molar-refractivity contribution in [2.24, 2.45) is 5.92 Å². The van der Waals surface area contributed by atoms with Gasteiger partial charge in [-0.2, -0.15) is 0 Å². The van der Waals surface area contributed by atoms with Crippen molar-refractivity contribution in [3.8, 4) is 0 Å². The zero-order chi connectivity index (χ0) is 12.3. The second kappa shape index (κ2) is 5.30. The summed E-state index contributed by atoms with van der Waals surface area (Å²) < 4.78 is 0. The number of anilines is 1. The molecule has 3 nitrogen and oxygen atoms in total. The van der Waals surface area contributed by atoms with Crippen LogP contribution < -0.4 is 4.90 Å². The number of carbonyl (C=O) groups excluding carboxylic acids is 1. The molecule has 0 aliphatic heterocycles. The van der Waals surface area contributed by atoms with Crippen LogP contribution in [0, 0.1) is 5.92 Å². The number of carbonyl (C=O) groups is 1. The van der Waals surface area contributed by atoms with E-state index in [2.05, 4.69) is 23.9 Å². The Hall–Kier alpha value is -1.38. The zero-order valence-corrected chi connectivity index (χ0v) is 10.6. The van der Waals surface area contributed by atoms with Crippen LogP contribution in [0.15, 0.2) is 18.3 Å². The minimum absolute atomic E-state index is 0.598. The Balaban J connectivity index is 2.03. The van der Waals surface area contributed by atoms with Gasteiger partial charge >= 0.3 is 0 Å². The molecule has 1 saturated carbocycles. The molecule has 92 valence electrons. The van der Waals surface area contributed by atoms with Crippen LogP contribution >= 0.6 is 0 Å². The van der Waals surface area contributed by atoms with Crippen LogP contribution in [0.5, 0.6) is 0 Å². The van der Waals surface area contributed by atoms with Crippen molar-refractivity contribution in [1.29, 1.82) is 0 Å². The highest BCUT2D eigenvalue weighted by Gasteiger charge is 2.22. The van der Waals surface area contributed by atoms with Gasteiger partial charge < -0.3 is 4.90 Å². The van der Waals surface area contributed by atoms with E-state index in [0.29, 0.717) is 11.6 Å². The van der Waals surface area contributed by atoms with E-state index in [9.17, 15) is 4.79 Å². The molecule has 1 aromatic heterocycles. The average molecular weight is 232 g/mol. The molecular formula is C14H20N2O.